The molecule has 0 spiro atoms. The summed E-state index contributed by atoms with van der Waals surface area (Å²) in [5.74, 6) is -0.800. The van der Waals surface area contributed by atoms with E-state index in [1.807, 2.05) is 12.1 Å². The van der Waals surface area contributed by atoms with E-state index in [4.69, 9.17) is 11.6 Å². The van der Waals surface area contributed by atoms with Crippen LogP contribution in [0.4, 0.5) is 17.1 Å². The van der Waals surface area contributed by atoms with Crippen LogP contribution in [0, 0.1) is 17.0 Å². The van der Waals surface area contributed by atoms with Crippen molar-refractivity contribution in [1.82, 2.24) is 5.32 Å². The Hall–Kier alpha value is -3.91. The third kappa shape index (κ3) is 5.04. The first-order chi connectivity index (χ1) is 15.3. The Morgan fingerprint density at radius 2 is 1.75 bits per heavy atom. The first kappa shape index (κ1) is 22.8. The van der Waals surface area contributed by atoms with E-state index in [1.165, 1.54) is 25.2 Å². The second-order valence-electron chi connectivity index (χ2n) is 6.95. The Labute approximate surface area is 189 Å². The largest absolute Gasteiger partial charge is 0.375 e. The normalized spacial score (nSPS) is 10.3. The highest BCUT2D eigenvalue weighted by molar-refractivity contribution is 6.31. The number of anilines is 2. The molecule has 8 nitrogen and oxygen atoms in total. The van der Waals surface area contributed by atoms with E-state index in [-0.39, 0.29) is 29.4 Å². The molecule has 3 N–H and O–H groups in total. The summed E-state index contributed by atoms with van der Waals surface area (Å²) >= 11 is 6.14. The summed E-state index contributed by atoms with van der Waals surface area (Å²) in [5, 5.41) is 20.4. The highest BCUT2D eigenvalue weighted by atomic mass is 35.5. The highest BCUT2D eigenvalue weighted by Crippen LogP contribution is 2.28. The van der Waals surface area contributed by atoms with Crippen LogP contribution in [0.15, 0.2) is 60.7 Å². The zero-order valence-electron chi connectivity index (χ0n) is 17.4. The molecular formula is C23H21ClN4O4. The van der Waals surface area contributed by atoms with Gasteiger partial charge in [0.1, 0.15) is 5.69 Å². The molecule has 0 aromatic heterocycles. The maximum Gasteiger partial charge on any atom is 0.293 e. The molecule has 0 heterocycles. The number of nitro benzene ring substituents is 1. The van der Waals surface area contributed by atoms with Gasteiger partial charge in [-0.1, -0.05) is 35.9 Å². The summed E-state index contributed by atoms with van der Waals surface area (Å²) in [6, 6.07) is 16.3. The number of amides is 2. The quantitative estimate of drug-likeness (QED) is 0.352. The molecule has 9 heteroatoms. The summed E-state index contributed by atoms with van der Waals surface area (Å²) in [6.07, 6.45) is 0. The number of carbonyl (C=O) groups is 2. The average Bonchev–Trinajstić information content (AvgIpc) is 2.79. The zero-order valence-corrected chi connectivity index (χ0v) is 18.2. The second kappa shape index (κ2) is 9.93. The predicted molar refractivity (Wildman–Crippen MR) is 124 cm³/mol. The standard InChI is InChI=1S/C23H21ClN4O4/c1-14-17(23(30)25-2)7-5-9-19(14)27-22(29)15-10-11-20(21(12-15)28(31)32)26-13-16-6-3-4-8-18(16)24/h3-12,26H,13H2,1-2H3,(H,25,30)(H,27,29). The van der Waals surface area contributed by atoms with E-state index in [0.29, 0.717) is 21.8 Å². The number of nitrogens with one attached hydrogen (secondary N) is 3. The van der Waals surface area contributed by atoms with Crippen LogP contribution < -0.4 is 16.0 Å². The Morgan fingerprint density at radius 1 is 1.00 bits per heavy atom. The first-order valence-electron chi connectivity index (χ1n) is 9.70. The fourth-order valence-corrected chi connectivity index (χ4v) is 3.35. The van der Waals surface area contributed by atoms with Gasteiger partial charge in [-0.2, -0.15) is 0 Å². The average molecular weight is 453 g/mol. The summed E-state index contributed by atoms with van der Waals surface area (Å²) in [7, 11) is 1.52. The van der Waals surface area contributed by atoms with Crippen LogP contribution in [0.1, 0.15) is 31.8 Å². The molecule has 3 aromatic carbocycles. The highest BCUT2D eigenvalue weighted by Gasteiger charge is 2.19. The van der Waals surface area contributed by atoms with Gasteiger partial charge in [0.2, 0.25) is 0 Å². The fourth-order valence-electron chi connectivity index (χ4n) is 3.15. The summed E-state index contributed by atoms with van der Waals surface area (Å²) < 4.78 is 0. The number of hydrogen-bond acceptors (Lipinski definition) is 5. The molecule has 0 aliphatic rings. The van der Waals surface area contributed by atoms with Crippen LogP contribution in [0.2, 0.25) is 5.02 Å². The predicted octanol–water partition coefficient (Wildman–Crippen LogP) is 4.78. The SMILES string of the molecule is CNC(=O)c1cccc(NC(=O)c2ccc(NCc3ccccc3Cl)c([N+](=O)[O-])c2)c1C. The Morgan fingerprint density at radius 3 is 2.44 bits per heavy atom. The van der Waals surface area contributed by atoms with Crippen molar-refractivity contribution in [2.45, 2.75) is 13.5 Å². The van der Waals surface area contributed by atoms with Gasteiger partial charge in [0.25, 0.3) is 17.5 Å². The van der Waals surface area contributed by atoms with Crippen molar-refractivity contribution in [3.05, 3.63) is 98.1 Å². The molecule has 0 aliphatic carbocycles. The lowest BCUT2D eigenvalue weighted by Crippen LogP contribution is -2.20. The molecule has 2 amide bonds. The summed E-state index contributed by atoms with van der Waals surface area (Å²) in [5.41, 5.74) is 2.40. The van der Waals surface area contributed by atoms with Crippen LogP contribution in [0.5, 0.6) is 0 Å². The second-order valence-corrected chi connectivity index (χ2v) is 7.35. The van der Waals surface area contributed by atoms with Crippen molar-refractivity contribution in [3.8, 4) is 0 Å². The van der Waals surface area contributed by atoms with E-state index in [9.17, 15) is 19.7 Å². The third-order valence-corrected chi connectivity index (χ3v) is 5.31. The van der Waals surface area contributed by atoms with Gasteiger partial charge in [-0.15, -0.1) is 0 Å². The smallest absolute Gasteiger partial charge is 0.293 e. The molecule has 32 heavy (non-hydrogen) atoms. The molecule has 0 atom stereocenters. The van der Waals surface area contributed by atoms with Gasteiger partial charge in [0, 0.05) is 41.5 Å². The zero-order chi connectivity index (χ0) is 23.3. The van der Waals surface area contributed by atoms with Crippen LogP contribution in [-0.2, 0) is 6.54 Å². The number of rotatable bonds is 7. The fraction of sp³-hybridized carbons (Fsp3) is 0.130. The van der Waals surface area contributed by atoms with E-state index in [1.54, 1.807) is 37.3 Å². The topological polar surface area (TPSA) is 113 Å². The molecule has 0 unspecified atom stereocenters. The molecule has 0 radical (unpaired) electrons. The van der Waals surface area contributed by atoms with Crippen molar-refractivity contribution in [1.29, 1.82) is 0 Å². The minimum atomic E-state index is -0.552. The van der Waals surface area contributed by atoms with Gasteiger partial charge in [-0.05, 0) is 48.4 Å². The lowest BCUT2D eigenvalue weighted by atomic mass is 10.1. The van der Waals surface area contributed by atoms with E-state index >= 15 is 0 Å². The first-order valence-corrected chi connectivity index (χ1v) is 10.1. The van der Waals surface area contributed by atoms with Gasteiger partial charge in [0.15, 0.2) is 0 Å². The van der Waals surface area contributed by atoms with Gasteiger partial charge in [-0.25, -0.2) is 0 Å². The maximum absolute atomic E-state index is 12.8. The number of hydrogen-bond donors (Lipinski definition) is 3. The number of nitro groups is 1. The maximum atomic E-state index is 12.8. The van der Waals surface area contributed by atoms with Gasteiger partial charge in [-0.3, -0.25) is 19.7 Å². The van der Waals surface area contributed by atoms with Crippen molar-refractivity contribution in [2.24, 2.45) is 0 Å². The number of benzene rings is 3. The molecule has 0 bridgehead atoms. The monoisotopic (exact) mass is 452 g/mol. The van der Waals surface area contributed by atoms with Crippen molar-refractivity contribution >= 4 is 40.5 Å². The van der Waals surface area contributed by atoms with Gasteiger partial charge in [0.05, 0.1) is 4.92 Å². The van der Waals surface area contributed by atoms with E-state index < -0.39 is 10.8 Å². The molecule has 3 aromatic rings. The van der Waals surface area contributed by atoms with Crippen LogP contribution in [0.3, 0.4) is 0 Å². The lowest BCUT2D eigenvalue weighted by Gasteiger charge is -2.13. The van der Waals surface area contributed by atoms with Crippen molar-refractivity contribution < 1.29 is 14.5 Å². The summed E-state index contributed by atoms with van der Waals surface area (Å²) in [6.45, 7) is 2.00. The third-order valence-electron chi connectivity index (χ3n) is 4.94. The van der Waals surface area contributed by atoms with Crippen LogP contribution in [-0.4, -0.2) is 23.8 Å². The van der Waals surface area contributed by atoms with E-state index in [2.05, 4.69) is 16.0 Å². The molecular weight excluding hydrogens is 432 g/mol. The molecule has 3 rings (SSSR count). The van der Waals surface area contributed by atoms with E-state index in [0.717, 1.165) is 5.56 Å². The van der Waals surface area contributed by atoms with Crippen molar-refractivity contribution in [2.75, 3.05) is 17.7 Å². The summed E-state index contributed by atoms with van der Waals surface area (Å²) in [4.78, 5) is 35.8. The van der Waals surface area contributed by atoms with Gasteiger partial charge >= 0.3 is 0 Å². The number of halogens is 1. The van der Waals surface area contributed by atoms with Gasteiger partial charge < -0.3 is 16.0 Å². The Balaban J connectivity index is 1.82. The Kier molecular flexibility index (Phi) is 7.07. The van der Waals surface area contributed by atoms with Crippen molar-refractivity contribution in [3.63, 3.8) is 0 Å². The molecule has 0 saturated heterocycles. The van der Waals surface area contributed by atoms with Crippen LogP contribution >= 0.6 is 11.6 Å². The molecule has 0 aliphatic heterocycles. The minimum absolute atomic E-state index is 0.115. The number of nitrogens with zero attached hydrogens (tertiary/aromatic N) is 1. The molecule has 0 fully saturated rings. The Bertz CT molecular complexity index is 1200. The lowest BCUT2D eigenvalue weighted by molar-refractivity contribution is -0.384. The molecule has 0 saturated carbocycles. The van der Waals surface area contributed by atoms with Crippen LogP contribution in [0.25, 0.3) is 0 Å². The molecule has 164 valence electrons. The number of carbonyl (C=O) groups excluding carboxylic acids is 2. The minimum Gasteiger partial charge on any atom is -0.375 e.